The third kappa shape index (κ3) is 4.72. The summed E-state index contributed by atoms with van der Waals surface area (Å²) >= 11 is 10.4. The number of halogens is 2. The van der Waals surface area contributed by atoms with Gasteiger partial charge in [0.05, 0.1) is 16.4 Å². The molecule has 8 heteroatoms. The van der Waals surface area contributed by atoms with Gasteiger partial charge in [0.1, 0.15) is 0 Å². The monoisotopic (exact) mass is 400 g/mol. The van der Waals surface area contributed by atoms with Crippen molar-refractivity contribution in [3.8, 4) is 0 Å². The second kappa shape index (κ2) is 7.62. The second-order valence-corrected chi connectivity index (χ2v) is 6.55. The maximum absolute atomic E-state index is 11.9. The van der Waals surface area contributed by atoms with E-state index in [0.29, 0.717) is 15.2 Å². The summed E-state index contributed by atoms with van der Waals surface area (Å²) in [7, 11) is 0. The predicted molar refractivity (Wildman–Crippen MR) is 91.6 cm³/mol. The van der Waals surface area contributed by atoms with Crippen LogP contribution in [0.15, 0.2) is 51.8 Å². The molecule has 114 valence electrons. The lowest BCUT2D eigenvalue weighted by molar-refractivity contribution is -0.384. The number of carbonyl (C=O) groups is 1. The van der Waals surface area contributed by atoms with Gasteiger partial charge in [-0.1, -0.05) is 11.6 Å². The van der Waals surface area contributed by atoms with Crippen molar-refractivity contribution in [2.24, 2.45) is 0 Å². The van der Waals surface area contributed by atoms with Gasteiger partial charge in [-0.2, -0.15) is 0 Å². The Bertz CT molecular complexity index is 710. The summed E-state index contributed by atoms with van der Waals surface area (Å²) in [5, 5.41) is 14.0. The Morgan fingerprint density at radius 1 is 1.27 bits per heavy atom. The number of hydrogen-bond donors (Lipinski definition) is 1. The first kappa shape index (κ1) is 16.8. The smallest absolute Gasteiger partial charge is 0.270 e. The Kier molecular flexibility index (Phi) is 5.82. The lowest BCUT2D eigenvalue weighted by Crippen LogP contribution is -2.14. The van der Waals surface area contributed by atoms with E-state index in [1.807, 2.05) is 12.1 Å². The van der Waals surface area contributed by atoms with Gasteiger partial charge in [0.25, 0.3) is 5.69 Å². The van der Waals surface area contributed by atoms with Crippen LogP contribution in [0, 0.1) is 10.1 Å². The summed E-state index contributed by atoms with van der Waals surface area (Å²) in [6.07, 6.45) is 0. The quantitative estimate of drug-likeness (QED) is 0.446. The zero-order valence-electron chi connectivity index (χ0n) is 11.1. The molecule has 0 aliphatic heterocycles. The molecule has 22 heavy (non-hydrogen) atoms. The summed E-state index contributed by atoms with van der Waals surface area (Å²) in [5.74, 6) is 0.0277. The Morgan fingerprint density at radius 3 is 2.55 bits per heavy atom. The Labute approximate surface area is 144 Å². The van der Waals surface area contributed by atoms with Crippen molar-refractivity contribution in [1.82, 2.24) is 0 Å². The van der Waals surface area contributed by atoms with E-state index in [2.05, 4.69) is 21.2 Å². The lowest BCUT2D eigenvalue weighted by Gasteiger charge is -2.07. The molecule has 0 aliphatic carbocycles. The van der Waals surface area contributed by atoms with Crippen LogP contribution < -0.4 is 5.32 Å². The van der Waals surface area contributed by atoms with E-state index in [-0.39, 0.29) is 17.3 Å². The molecule has 0 radical (unpaired) electrons. The van der Waals surface area contributed by atoms with Crippen molar-refractivity contribution in [1.29, 1.82) is 0 Å². The van der Waals surface area contributed by atoms with Crippen LogP contribution in [0.25, 0.3) is 0 Å². The van der Waals surface area contributed by atoms with Crippen LogP contribution in [0.3, 0.4) is 0 Å². The van der Waals surface area contributed by atoms with E-state index in [4.69, 9.17) is 11.6 Å². The molecule has 2 aromatic rings. The van der Waals surface area contributed by atoms with Gasteiger partial charge in [-0.3, -0.25) is 14.9 Å². The molecule has 0 saturated carbocycles. The van der Waals surface area contributed by atoms with E-state index in [1.54, 1.807) is 12.1 Å². The first-order chi connectivity index (χ1) is 10.5. The number of rotatable bonds is 5. The van der Waals surface area contributed by atoms with Crippen molar-refractivity contribution in [2.75, 3.05) is 11.1 Å². The van der Waals surface area contributed by atoms with E-state index >= 15 is 0 Å². The van der Waals surface area contributed by atoms with E-state index in [9.17, 15) is 14.9 Å². The number of nitro groups is 1. The maximum Gasteiger partial charge on any atom is 0.270 e. The zero-order chi connectivity index (χ0) is 16.1. The first-order valence-electron chi connectivity index (χ1n) is 6.08. The van der Waals surface area contributed by atoms with Gasteiger partial charge in [-0.15, -0.1) is 11.8 Å². The minimum atomic E-state index is -0.493. The summed E-state index contributed by atoms with van der Waals surface area (Å²) in [6, 6.07) is 11.4. The summed E-state index contributed by atoms with van der Waals surface area (Å²) in [4.78, 5) is 23.0. The minimum Gasteiger partial charge on any atom is -0.324 e. The molecule has 0 spiro atoms. The molecule has 0 atom stereocenters. The number of benzene rings is 2. The third-order valence-corrected chi connectivity index (χ3v) is 4.54. The van der Waals surface area contributed by atoms with Crippen molar-refractivity contribution >= 4 is 56.6 Å². The Morgan fingerprint density at radius 2 is 1.95 bits per heavy atom. The molecule has 0 heterocycles. The number of hydrogen-bond acceptors (Lipinski definition) is 4. The molecule has 0 aromatic heterocycles. The fraction of sp³-hybridized carbons (Fsp3) is 0.0714. The molecule has 0 aliphatic rings. The molecule has 0 saturated heterocycles. The van der Waals surface area contributed by atoms with Gasteiger partial charge in [0.15, 0.2) is 0 Å². The van der Waals surface area contributed by atoms with Gasteiger partial charge >= 0.3 is 0 Å². The molecule has 5 nitrogen and oxygen atoms in total. The third-order valence-electron chi connectivity index (χ3n) is 2.62. The summed E-state index contributed by atoms with van der Waals surface area (Å²) < 4.78 is 0.464. The second-order valence-electron chi connectivity index (χ2n) is 4.21. The van der Waals surface area contributed by atoms with Crippen LogP contribution in [0.5, 0.6) is 0 Å². The number of thioether (sulfide) groups is 1. The van der Waals surface area contributed by atoms with Gasteiger partial charge in [-0.25, -0.2) is 0 Å². The van der Waals surface area contributed by atoms with E-state index in [1.165, 1.54) is 30.0 Å². The van der Waals surface area contributed by atoms with Crippen molar-refractivity contribution in [2.45, 2.75) is 4.90 Å². The molecule has 1 N–H and O–H groups in total. The van der Waals surface area contributed by atoms with E-state index < -0.39 is 4.92 Å². The molecular weight excluding hydrogens is 392 g/mol. The maximum atomic E-state index is 11.9. The van der Waals surface area contributed by atoms with Crippen molar-refractivity contribution in [3.05, 3.63) is 62.1 Å². The van der Waals surface area contributed by atoms with Crippen LogP contribution in [0.2, 0.25) is 5.02 Å². The number of anilines is 1. The summed E-state index contributed by atoms with van der Waals surface area (Å²) in [6.45, 7) is 0. The fourth-order valence-electron chi connectivity index (χ4n) is 1.58. The Balaban J connectivity index is 1.94. The molecule has 2 aromatic carbocycles. The molecule has 0 bridgehead atoms. The molecule has 2 rings (SSSR count). The topological polar surface area (TPSA) is 72.2 Å². The minimum absolute atomic E-state index is 0.0413. The molecule has 1 amide bonds. The van der Waals surface area contributed by atoms with Crippen LogP contribution in [-0.4, -0.2) is 16.6 Å². The molecule has 0 fully saturated rings. The first-order valence-corrected chi connectivity index (χ1v) is 8.23. The highest BCUT2D eigenvalue weighted by molar-refractivity contribution is 9.10. The number of carbonyl (C=O) groups excluding carboxylic acids is 1. The predicted octanol–water partition coefficient (Wildman–Crippen LogP) is 4.74. The highest BCUT2D eigenvalue weighted by atomic mass is 79.9. The fourth-order valence-corrected chi connectivity index (χ4v) is 2.88. The number of non-ortho nitro benzene ring substituents is 1. The number of nitro benzene ring substituents is 1. The van der Waals surface area contributed by atoms with Crippen molar-refractivity contribution in [3.63, 3.8) is 0 Å². The van der Waals surface area contributed by atoms with Gasteiger partial charge in [-0.05, 0) is 46.3 Å². The lowest BCUT2D eigenvalue weighted by atomic mass is 10.3. The van der Waals surface area contributed by atoms with Gasteiger partial charge < -0.3 is 5.32 Å². The number of nitrogens with zero attached hydrogens (tertiary/aromatic N) is 1. The average Bonchev–Trinajstić information content (AvgIpc) is 2.48. The number of nitrogens with one attached hydrogen (secondary N) is 1. The SMILES string of the molecule is O=C(CSc1ccc(Cl)cc1)Nc1ccc([N+](=O)[O-])cc1Br. The standard InChI is InChI=1S/C14H10BrClN2O3S/c15-12-7-10(18(20)21)3-6-13(12)17-14(19)8-22-11-4-1-9(16)2-5-11/h1-7H,8H2,(H,17,19). The van der Waals surface area contributed by atoms with Crippen molar-refractivity contribution < 1.29 is 9.72 Å². The van der Waals surface area contributed by atoms with Crippen LogP contribution >= 0.6 is 39.3 Å². The summed E-state index contributed by atoms with van der Waals surface area (Å²) in [5.41, 5.74) is 0.452. The highest BCUT2D eigenvalue weighted by Gasteiger charge is 2.11. The number of amides is 1. The average molecular weight is 402 g/mol. The van der Waals surface area contributed by atoms with Crippen LogP contribution in [0.1, 0.15) is 0 Å². The molecule has 0 unspecified atom stereocenters. The largest absolute Gasteiger partial charge is 0.324 e. The van der Waals surface area contributed by atoms with Crippen LogP contribution in [0.4, 0.5) is 11.4 Å². The molecular formula is C14H10BrClN2O3S. The Hall–Kier alpha value is -1.57. The normalized spacial score (nSPS) is 10.3. The van der Waals surface area contributed by atoms with E-state index in [0.717, 1.165) is 4.90 Å². The highest BCUT2D eigenvalue weighted by Crippen LogP contribution is 2.27. The zero-order valence-corrected chi connectivity index (χ0v) is 14.2. The van der Waals surface area contributed by atoms with Gasteiger partial charge in [0, 0.05) is 26.5 Å². The van der Waals surface area contributed by atoms with Crippen LogP contribution in [-0.2, 0) is 4.79 Å². The van der Waals surface area contributed by atoms with Gasteiger partial charge in [0.2, 0.25) is 5.91 Å².